The molecule has 2 atom stereocenters. The molecule has 2 aliphatic heterocycles. The van der Waals surface area contributed by atoms with E-state index >= 15 is 0 Å². The molecule has 1 aromatic heterocycles. The largest absolute Gasteiger partial charge is 0.438 e. The van der Waals surface area contributed by atoms with Crippen LogP contribution >= 0.6 is 0 Å². The molecule has 0 radical (unpaired) electrons. The third kappa shape index (κ3) is 2.99. The summed E-state index contributed by atoms with van der Waals surface area (Å²) >= 11 is 0. The molecule has 0 bridgehead atoms. The minimum absolute atomic E-state index is 0.00802. The van der Waals surface area contributed by atoms with E-state index in [2.05, 4.69) is 4.98 Å². The van der Waals surface area contributed by atoms with Crippen LogP contribution in [-0.2, 0) is 16.1 Å². The van der Waals surface area contributed by atoms with Gasteiger partial charge in [0, 0.05) is 13.1 Å². The Bertz CT molecular complexity index is 792. The van der Waals surface area contributed by atoms with Gasteiger partial charge in [0.15, 0.2) is 6.39 Å². The van der Waals surface area contributed by atoms with Crippen LogP contribution in [0.5, 0.6) is 0 Å². The van der Waals surface area contributed by atoms with E-state index in [4.69, 9.17) is 9.15 Å². The fraction of sp³-hybridized carbons (Fsp3) is 0.421. The fourth-order valence-electron chi connectivity index (χ4n) is 3.89. The summed E-state index contributed by atoms with van der Waals surface area (Å²) in [6.45, 7) is 3.52. The maximum absolute atomic E-state index is 12.6. The monoisotopic (exact) mass is 355 g/mol. The van der Waals surface area contributed by atoms with Gasteiger partial charge in [0.1, 0.15) is 12.2 Å². The number of aromatic nitrogens is 1. The van der Waals surface area contributed by atoms with Gasteiger partial charge < -0.3 is 19.0 Å². The highest BCUT2D eigenvalue weighted by molar-refractivity contribution is 5.91. The molecule has 7 nitrogen and oxygen atoms in total. The molecule has 0 spiro atoms. The fourth-order valence-corrected chi connectivity index (χ4v) is 3.89. The summed E-state index contributed by atoms with van der Waals surface area (Å²) in [5.74, 6) is 0.0173. The second kappa shape index (κ2) is 6.57. The van der Waals surface area contributed by atoms with Crippen LogP contribution < -0.4 is 0 Å². The molecule has 2 saturated heterocycles. The van der Waals surface area contributed by atoms with Crippen molar-refractivity contribution >= 4 is 11.8 Å². The molecule has 0 aliphatic carbocycles. The number of hydrogen-bond donors (Lipinski definition) is 0. The first-order valence-corrected chi connectivity index (χ1v) is 8.72. The van der Waals surface area contributed by atoms with Gasteiger partial charge in [-0.15, -0.1) is 0 Å². The Morgan fingerprint density at radius 2 is 2.15 bits per heavy atom. The Morgan fingerprint density at radius 3 is 2.88 bits per heavy atom. The van der Waals surface area contributed by atoms with Crippen LogP contribution in [0.15, 0.2) is 47.3 Å². The summed E-state index contributed by atoms with van der Waals surface area (Å²) in [5, 5.41) is 0. The van der Waals surface area contributed by atoms with Gasteiger partial charge >= 0.3 is 0 Å². The average Bonchev–Trinajstić information content (AvgIpc) is 3.19. The summed E-state index contributed by atoms with van der Waals surface area (Å²) < 4.78 is 11.0. The lowest BCUT2D eigenvalue weighted by molar-refractivity contribution is -0.186. The molecule has 1 aromatic carbocycles. The van der Waals surface area contributed by atoms with Gasteiger partial charge in [-0.1, -0.05) is 30.3 Å². The Hall–Kier alpha value is -2.67. The first-order chi connectivity index (χ1) is 12.6. The molecule has 2 aromatic rings. The summed E-state index contributed by atoms with van der Waals surface area (Å²) in [6.07, 6.45) is 3.33. The molecule has 7 heteroatoms. The number of morpholine rings is 1. The highest BCUT2D eigenvalue weighted by atomic mass is 16.5. The summed E-state index contributed by atoms with van der Waals surface area (Å²) in [5.41, 5.74) is 0.488. The minimum Gasteiger partial charge on any atom is -0.438 e. The van der Waals surface area contributed by atoms with Crippen LogP contribution in [0.2, 0.25) is 0 Å². The molecule has 4 rings (SSSR count). The van der Waals surface area contributed by atoms with Crippen molar-refractivity contribution in [1.29, 1.82) is 0 Å². The molecule has 3 heterocycles. The maximum atomic E-state index is 12.6. The second-order valence-corrected chi connectivity index (χ2v) is 7.01. The number of oxazole rings is 1. The van der Waals surface area contributed by atoms with Crippen LogP contribution in [0.1, 0.15) is 29.5 Å². The molecule has 0 saturated carbocycles. The van der Waals surface area contributed by atoms with E-state index in [1.165, 1.54) is 12.6 Å². The lowest BCUT2D eigenvalue weighted by Gasteiger charge is -2.52. The van der Waals surface area contributed by atoms with Gasteiger partial charge in [0.2, 0.25) is 11.7 Å². The van der Waals surface area contributed by atoms with Crippen molar-refractivity contribution in [2.75, 3.05) is 19.7 Å². The molecule has 2 amide bonds. The van der Waals surface area contributed by atoms with Crippen molar-refractivity contribution in [3.63, 3.8) is 0 Å². The number of fused-ring (bicyclic) bond motifs is 1. The number of likely N-dealkylation sites (tertiary alicyclic amines) is 1. The van der Waals surface area contributed by atoms with E-state index in [-0.39, 0.29) is 30.2 Å². The normalized spacial score (nSPS) is 25.9. The number of piperidine rings is 1. The predicted octanol–water partition coefficient (Wildman–Crippen LogP) is 1.71. The van der Waals surface area contributed by atoms with Crippen molar-refractivity contribution in [2.24, 2.45) is 0 Å². The zero-order valence-corrected chi connectivity index (χ0v) is 14.6. The number of carbonyl (C=O) groups excluding carboxylic acids is 2. The SMILES string of the molecule is C[C@@]12CN(C(=O)c3cnco3)CC[C@H]1N(Cc1ccccc1)C(=O)CO2. The Kier molecular flexibility index (Phi) is 4.24. The summed E-state index contributed by atoms with van der Waals surface area (Å²) in [7, 11) is 0. The number of nitrogens with zero attached hydrogens (tertiary/aromatic N) is 3. The molecule has 136 valence electrons. The van der Waals surface area contributed by atoms with Crippen molar-refractivity contribution in [3.8, 4) is 0 Å². The predicted molar refractivity (Wildman–Crippen MR) is 92.2 cm³/mol. The van der Waals surface area contributed by atoms with Gasteiger partial charge in [0.05, 0.1) is 18.8 Å². The second-order valence-electron chi connectivity index (χ2n) is 7.01. The van der Waals surface area contributed by atoms with Crippen molar-refractivity contribution in [2.45, 2.75) is 31.5 Å². The number of rotatable bonds is 3. The van der Waals surface area contributed by atoms with E-state index < -0.39 is 5.60 Å². The minimum atomic E-state index is -0.601. The lowest BCUT2D eigenvalue weighted by atomic mass is 9.85. The Morgan fingerprint density at radius 1 is 1.35 bits per heavy atom. The van der Waals surface area contributed by atoms with E-state index in [0.717, 1.165) is 5.56 Å². The molecular formula is C19H21N3O4. The average molecular weight is 355 g/mol. The zero-order chi connectivity index (χ0) is 18.1. The number of hydrogen-bond acceptors (Lipinski definition) is 5. The third-order valence-electron chi connectivity index (χ3n) is 5.23. The molecule has 0 N–H and O–H groups in total. The Labute approximate surface area is 151 Å². The topological polar surface area (TPSA) is 75.9 Å². The number of carbonyl (C=O) groups is 2. The van der Waals surface area contributed by atoms with E-state index in [1.54, 1.807) is 4.90 Å². The van der Waals surface area contributed by atoms with E-state index in [9.17, 15) is 9.59 Å². The standard InChI is InChI=1S/C19H21N3O4/c1-19-12-21(18(24)15-9-20-13-25-15)8-7-16(19)22(17(23)11-26-19)10-14-5-3-2-4-6-14/h2-6,9,13,16H,7-8,10-12H2,1H3/t16-,19-/m1/s1. The van der Waals surface area contributed by atoms with Crippen LogP contribution in [0, 0.1) is 0 Å². The number of ether oxygens (including phenoxy) is 1. The van der Waals surface area contributed by atoms with Gasteiger partial charge in [-0.2, -0.15) is 0 Å². The smallest absolute Gasteiger partial charge is 0.291 e. The highest BCUT2D eigenvalue weighted by Crippen LogP contribution is 2.34. The van der Waals surface area contributed by atoms with Gasteiger partial charge in [0.25, 0.3) is 5.91 Å². The highest BCUT2D eigenvalue weighted by Gasteiger charge is 2.49. The van der Waals surface area contributed by atoms with E-state index in [1.807, 2.05) is 42.2 Å². The summed E-state index contributed by atoms with van der Waals surface area (Å²) in [6, 6.07) is 9.87. The quantitative estimate of drug-likeness (QED) is 0.838. The first-order valence-electron chi connectivity index (χ1n) is 8.72. The molecule has 26 heavy (non-hydrogen) atoms. The van der Waals surface area contributed by atoms with E-state index in [0.29, 0.717) is 26.1 Å². The molecule has 2 aliphatic rings. The zero-order valence-electron chi connectivity index (χ0n) is 14.6. The van der Waals surface area contributed by atoms with Crippen LogP contribution in [-0.4, -0.2) is 57.9 Å². The molecule has 2 fully saturated rings. The lowest BCUT2D eigenvalue weighted by Crippen LogP contribution is -2.67. The van der Waals surface area contributed by atoms with Crippen LogP contribution in [0.4, 0.5) is 0 Å². The van der Waals surface area contributed by atoms with Crippen LogP contribution in [0.3, 0.4) is 0 Å². The summed E-state index contributed by atoms with van der Waals surface area (Å²) in [4.78, 5) is 32.5. The van der Waals surface area contributed by atoms with Gasteiger partial charge in [-0.3, -0.25) is 9.59 Å². The van der Waals surface area contributed by atoms with Gasteiger partial charge in [-0.05, 0) is 18.9 Å². The third-order valence-corrected chi connectivity index (χ3v) is 5.23. The molecular weight excluding hydrogens is 334 g/mol. The van der Waals surface area contributed by atoms with Crippen molar-refractivity contribution in [1.82, 2.24) is 14.8 Å². The number of benzene rings is 1. The Balaban J connectivity index is 1.53. The van der Waals surface area contributed by atoms with Crippen molar-refractivity contribution in [3.05, 3.63) is 54.2 Å². The van der Waals surface area contributed by atoms with Crippen molar-refractivity contribution < 1.29 is 18.7 Å². The molecule has 0 unspecified atom stereocenters. The first kappa shape index (κ1) is 16.8. The number of amides is 2. The van der Waals surface area contributed by atoms with Gasteiger partial charge in [-0.25, -0.2) is 4.98 Å². The van der Waals surface area contributed by atoms with Crippen LogP contribution in [0.25, 0.3) is 0 Å². The maximum Gasteiger partial charge on any atom is 0.291 e.